The number of nitrogens with zero attached hydrogens (tertiary/aromatic N) is 1. The van der Waals surface area contributed by atoms with Gasteiger partial charge < -0.3 is 10.2 Å². The van der Waals surface area contributed by atoms with E-state index in [1.807, 2.05) is 6.92 Å². The number of amides is 2. The Labute approximate surface area is 108 Å². The molecule has 0 rings (SSSR count). The van der Waals surface area contributed by atoms with Crippen LogP contribution in [-0.2, 0) is 9.59 Å². The second-order valence-electron chi connectivity index (χ2n) is 3.36. The van der Waals surface area contributed by atoms with E-state index >= 15 is 0 Å². The average Bonchev–Trinajstić information content (AvgIpc) is 2.26. The van der Waals surface area contributed by atoms with Gasteiger partial charge in [-0.1, -0.05) is 6.92 Å². The fourth-order valence-electron chi connectivity index (χ4n) is 1.21. The summed E-state index contributed by atoms with van der Waals surface area (Å²) in [6.07, 6.45) is 1.27. The quantitative estimate of drug-likeness (QED) is 0.562. The molecule has 0 aliphatic heterocycles. The molecule has 0 radical (unpaired) electrons. The minimum Gasteiger partial charge on any atom is -0.354 e. The van der Waals surface area contributed by atoms with Gasteiger partial charge in [-0.2, -0.15) is 25.3 Å². The molecule has 2 amide bonds. The van der Waals surface area contributed by atoms with E-state index in [1.165, 1.54) is 0 Å². The molecule has 0 fully saturated rings. The van der Waals surface area contributed by atoms with Gasteiger partial charge in [-0.3, -0.25) is 9.59 Å². The Morgan fingerprint density at radius 1 is 1.25 bits per heavy atom. The Balaban J connectivity index is 4.10. The Hall–Kier alpha value is -0.360. The van der Waals surface area contributed by atoms with E-state index < -0.39 is 0 Å². The number of nitrogens with one attached hydrogen (secondary N) is 1. The van der Waals surface area contributed by atoms with E-state index in [0.29, 0.717) is 31.0 Å². The summed E-state index contributed by atoms with van der Waals surface area (Å²) < 4.78 is 0. The first-order valence-corrected chi connectivity index (χ1v) is 6.68. The molecule has 0 aromatic heterocycles. The van der Waals surface area contributed by atoms with Gasteiger partial charge in [0.15, 0.2) is 0 Å². The lowest BCUT2D eigenvalue weighted by molar-refractivity contribution is -0.135. The van der Waals surface area contributed by atoms with Gasteiger partial charge in [0.2, 0.25) is 11.8 Å². The van der Waals surface area contributed by atoms with Crippen LogP contribution in [0, 0.1) is 0 Å². The van der Waals surface area contributed by atoms with E-state index in [2.05, 4.69) is 30.6 Å². The summed E-state index contributed by atoms with van der Waals surface area (Å²) in [5.74, 6) is 1.04. The molecule has 0 aliphatic rings. The molecule has 0 saturated heterocycles. The van der Waals surface area contributed by atoms with E-state index in [4.69, 9.17) is 0 Å². The first-order valence-electron chi connectivity index (χ1n) is 5.41. The highest BCUT2D eigenvalue weighted by Gasteiger charge is 2.14. The van der Waals surface area contributed by atoms with Gasteiger partial charge in [-0.25, -0.2) is 0 Å². The van der Waals surface area contributed by atoms with Gasteiger partial charge in [0.1, 0.15) is 0 Å². The van der Waals surface area contributed by atoms with Crippen LogP contribution in [-0.4, -0.2) is 47.9 Å². The van der Waals surface area contributed by atoms with Gasteiger partial charge in [-0.05, 0) is 6.42 Å². The van der Waals surface area contributed by atoms with Crippen LogP contribution in [0.2, 0.25) is 0 Å². The fraction of sp³-hybridized carbons (Fsp3) is 0.800. The molecule has 1 N–H and O–H groups in total. The van der Waals surface area contributed by atoms with Crippen molar-refractivity contribution in [3.63, 3.8) is 0 Å². The Kier molecular flexibility index (Phi) is 9.62. The van der Waals surface area contributed by atoms with Crippen molar-refractivity contribution >= 4 is 37.1 Å². The molecule has 4 nitrogen and oxygen atoms in total. The number of thiol groups is 2. The number of carbonyl (C=O) groups is 2. The van der Waals surface area contributed by atoms with Gasteiger partial charge >= 0.3 is 0 Å². The molecule has 0 saturated carbocycles. The zero-order chi connectivity index (χ0) is 12.4. The van der Waals surface area contributed by atoms with Crippen molar-refractivity contribution in [2.24, 2.45) is 0 Å². The summed E-state index contributed by atoms with van der Waals surface area (Å²) in [4.78, 5) is 24.6. The Morgan fingerprint density at radius 2 is 1.94 bits per heavy atom. The van der Waals surface area contributed by atoms with Crippen LogP contribution >= 0.6 is 25.3 Å². The van der Waals surface area contributed by atoms with Crippen molar-refractivity contribution in [3.05, 3.63) is 0 Å². The lowest BCUT2D eigenvalue weighted by Crippen LogP contribution is -2.42. The van der Waals surface area contributed by atoms with E-state index in [9.17, 15) is 9.59 Å². The number of hydrogen-bond acceptors (Lipinski definition) is 4. The maximum atomic E-state index is 11.6. The number of hydrogen-bond donors (Lipinski definition) is 3. The largest absolute Gasteiger partial charge is 0.354 e. The molecule has 0 aliphatic carbocycles. The molecule has 0 aromatic rings. The van der Waals surface area contributed by atoms with Crippen LogP contribution in [0.25, 0.3) is 0 Å². The first-order chi connectivity index (χ1) is 7.65. The van der Waals surface area contributed by atoms with Crippen LogP contribution in [0.15, 0.2) is 0 Å². The van der Waals surface area contributed by atoms with E-state index in [1.54, 1.807) is 4.90 Å². The minimum atomic E-state index is -0.139. The molecular formula is C10H20N2O2S2. The maximum absolute atomic E-state index is 11.6. The van der Waals surface area contributed by atoms with Crippen molar-refractivity contribution in [1.82, 2.24) is 10.2 Å². The molecule has 94 valence electrons. The number of rotatable bonds is 8. The van der Waals surface area contributed by atoms with E-state index in [-0.39, 0.29) is 18.4 Å². The molecule has 0 aromatic carbocycles. The highest BCUT2D eigenvalue weighted by atomic mass is 32.1. The first kappa shape index (κ1) is 15.6. The van der Waals surface area contributed by atoms with Crippen LogP contribution in [0.5, 0.6) is 0 Å². The molecular weight excluding hydrogens is 244 g/mol. The smallest absolute Gasteiger partial charge is 0.239 e. The van der Waals surface area contributed by atoms with Gasteiger partial charge in [0, 0.05) is 31.0 Å². The second-order valence-corrected chi connectivity index (χ2v) is 4.26. The predicted molar refractivity (Wildman–Crippen MR) is 72.2 cm³/mol. The van der Waals surface area contributed by atoms with E-state index in [0.717, 1.165) is 6.42 Å². The van der Waals surface area contributed by atoms with Crippen molar-refractivity contribution < 1.29 is 9.59 Å². The third kappa shape index (κ3) is 7.00. The van der Waals surface area contributed by atoms with Gasteiger partial charge in [0.25, 0.3) is 0 Å². The summed E-state index contributed by atoms with van der Waals surface area (Å²) in [5, 5.41) is 2.68. The van der Waals surface area contributed by atoms with Crippen molar-refractivity contribution in [2.75, 3.05) is 31.1 Å². The summed E-state index contributed by atoms with van der Waals surface area (Å²) in [6.45, 7) is 3.10. The van der Waals surface area contributed by atoms with Crippen LogP contribution < -0.4 is 5.32 Å². The van der Waals surface area contributed by atoms with Crippen LogP contribution in [0.1, 0.15) is 19.8 Å². The minimum absolute atomic E-state index is 0.0116. The molecule has 0 unspecified atom stereocenters. The van der Waals surface area contributed by atoms with Crippen LogP contribution in [0.3, 0.4) is 0 Å². The third-order valence-corrected chi connectivity index (χ3v) is 2.38. The predicted octanol–water partition coefficient (Wildman–Crippen LogP) is 0.591. The molecule has 16 heavy (non-hydrogen) atoms. The standard InChI is InChI=1S/C10H20N2O2S2/c1-2-3-10(14)12(5-7-16)8-9(13)11-4-6-15/h15-16H,2-8H2,1H3,(H,11,13). The van der Waals surface area contributed by atoms with Crippen molar-refractivity contribution in [3.8, 4) is 0 Å². The number of carbonyl (C=O) groups excluding carboxylic acids is 2. The monoisotopic (exact) mass is 264 g/mol. The highest BCUT2D eigenvalue weighted by molar-refractivity contribution is 7.80. The SMILES string of the molecule is CCCC(=O)N(CCS)CC(=O)NCCS. The zero-order valence-corrected chi connectivity index (χ0v) is 11.4. The van der Waals surface area contributed by atoms with Gasteiger partial charge in [-0.15, -0.1) is 0 Å². The van der Waals surface area contributed by atoms with Gasteiger partial charge in [0.05, 0.1) is 6.54 Å². The van der Waals surface area contributed by atoms with Crippen molar-refractivity contribution in [2.45, 2.75) is 19.8 Å². The second kappa shape index (κ2) is 9.84. The lowest BCUT2D eigenvalue weighted by Gasteiger charge is -2.21. The zero-order valence-electron chi connectivity index (χ0n) is 9.61. The maximum Gasteiger partial charge on any atom is 0.239 e. The summed E-state index contributed by atoms with van der Waals surface area (Å²) in [7, 11) is 0. The summed E-state index contributed by atoms with van der Waals surface area (Å²) >= 11 is 8.07. The molecule has 0 spiro atoms. The molecule has 0 bridgehead atoms. The molecule has 0 heterocycles. The highest BCUT2D eigenvalue weighted by Crippen LogP contribution is 1.98. The van der Waals surface area contributed by atoms with Crippen molar-refractivity contribution in [1.29, 1.82) is 0 Å². The lowest BCUT2D eigenvalue weighted by atomic mass is 10.3. The summed E-state index contributed by atoms with van der Waals surface area (Å²) in [6, 6.07) is 0. The third-order valence-electron chi connectivity index (χ3n) is 1.95. The average molecular weight is 264 g/mol. The van der Waals surface area contributed by atoms with Crippen LogP contribution in [0.4, 0.5) is 0 Å². The fourth-order valence-corrected chi connectivity index (χ4v) is 1.56. The molecule has 6 heteroatoms. The summed E-state index contributed by atoms with van der Waals surface area (Å²) in [5.41, 5.74) is 0. The Bertz CT molecular complexity index is 225. The Morgan fingerprint density at radius 3 is 2.44 bits per heavy atom. The topological polar surface area (TPSA) is 49.4 Å². The molecule has 0 atom stereocenters. The normalized spacial score (nSPS) is 9.94.